The maximum absolute atomic E-state index is 13.0. The predicted octanol–water partition coefficient (Wildman–Crippen LogP) is 2.46. The van der Waals surface area contributed by atoms with Crippen LogP contribution in [-0.4, -0.2) is 61.1 Å². The van der Waals surface area contributed by atoms with Crippen LogP contribution in [0.15, 0.2) is 17.1 Å². The van der Waals surface area contributed by atoms with Crippen molar-refractivity contribution in [1.82, 2.24) is 29.5 Å². The van der Waals surface area contributed by atoms with Crippen LogP contribution in [0.5, 0.6) is 0 Å². The molecule has 8 nitrogen and oxygen atoms in total. The van der Waals surface area contributed by atoms with Gasteiger partial charge in [-0.1, -0.05) is 6.92 Å². The molecule has 0 radical (unpaired) electrons. The van der Waals surface area contributed by atoms with Crippen LogP contribution in [0.3, 0.4) is 0 Å². The molecule has 8 heteroatoms. The van der Waals surface area contributed by atoms with E-state index in [4.69, 9.17) is 4.98 Å². The number of hydrogen-bond acceptors (Lipinski definition) is 5. The Hall–Kier alpha value is -2.48. The third-order valence-corrected chi connectivity index (χ3v) is 7.72. The highest BCUT2D eigenvalue weighted by Crippen LogP contribution is 2.31. The van der Waals surface area contributed by atoms with Crippen molar-refractivity contribution in [3.05, 3.63) is 45.4 Å². The molecule has 1 saturated carbocycles. The number of amides is 1. The smallest absolute Gasteiger partial charge is 0.274 e. The van der Waals surface area contributed by atoms with Crippen molar-refractivity contribution < 1.29 is 4.79 Å². The topological polar surface area (TPSA) is 87.1 Å². The van der Waals surface area contributed by atoms with Crippen molar-refractivity contribution in [2.24, 2.45) is 13.0 Å². The number of aromatic amines is 1. The number of rotatable bonds is 3. The molecular weight excluding hydrogens is 404 g/mol. The molecule has 32 heavy (non-hydrogen) atoms. The Balaban J connectivity index is 1.23. The highest BCUT2D eigenvalue weighted by Gasteiger charge is 2.31. The highest BCUT2D eigenvalue weighted by molar-refractivity contribution is 5.92. The van der Waals surface area contributed by atoms with E-state index in [2.05, 4.69) is 21.9 Å². The van der Waals surface area contributed by atoms with E-state index in [0.717, 1.165) is 55.4 Å². The number of likely N-dealkylation sites (tertiary alicyclic amines) is 1. The van der Waals surface area contributed by atoms with Gasteiger partial charge in [0.15, 0.2) is 0 Å². The van der Waals surface area contributed by atoms with Gasteiger partial charge in [0.1, 0.15) is 11.5 Å². The molecule has 0 unspecified atom stereocenters. The Morgan fingerprint density at radius 3 is 2.53 bits per heavy atom. The van der Waals surface area contributed by atoms with Gasteiger partial charge in [-0.25, -0.2) is 4.98 Å². The van der Waals surface area contributed by atoms with Crippen molar-refractivity contribution in [3.8, 4) is 0 Å². The summed E-state index contributed by atoms with van der Waals surface area (Å²) in [5.41, 5.74) is 2.37. The van der Waals surface area contributed by atoms with Crippen molar-refractivity contribution >= 4 is 5.91 Å². The number of nitrogens with zero attached hydrogens (tertiary/aromatic N) is 5. The first-order valence-electron chi connectivity index (χ1n) is 12.1. The van der Waals surface area contributed by atoms with Crippen LogP contribution in [0, 0.1) is 5.92 Å². The highest BCUT2D eigenvalue weighted by atomic mass is 16.2. The summed E-state index contributed by atoms with van der Waals surface area (Å²) in [7, 11) is 1.82. The first-order chi connectivity index (χ1) is 15.5. The third kappa shape index (κ3) is 4.25. The number of piperidine rings is 1. The zero-order valence-corrected chi connectivity index (χ0v) is 19.2. The SMILES string of the molecule is CC1CCC(N2CCc3nc(C4CCN(C(=O)c5ccn(C)n5)CC4)[nH]c(=O)c3C2)CC1. The maximum Gasteiger partial charge on any atom is 0.274 e. The molecule has 2 aliphatic heterocycles. The lowest BCUT2D eigenvalue weighted by Gasteiger charge is -2.38. The van der Waals surface area contributed by atoms with Gasteiger partial charge in [-0.05, 0) is 50.5 Å². The van der Waals surface area contributed by atoms with E-state index in [9.17, 15) is 9.59 Å². The summed E-state index contributed by atoms with van der Waals surface area (Å²) in [5.74, 6) is 1.81. The molecular formula is C24H34N6O2. The van der Waals surface area contributed by atoms with Crippen LogP contribution in [0.4, 0.5) is 0 Å². The Morgan fingerprint density at radius 1 is 1.09 bits per heavy atom. The van der Waals surface area contributed by atoms with Gasteiger partial charge in [-0.2, -0.15) is 5.10 Å². The molecule has 4 heterocycles. The summed E-state index contributed by atoms with van der Waals surface area (Å²) in [6.45, 7) is 5.40. The number of H-pyrrole nitrogens is 1. The van der Waals surface area contributed by atoms with Gasteiger partial charge >= 0.3 is 0 Å². The Kier molecular flexibility index (Phi) is 5.88. The minimum absolute atomic E-state index is 0.0202. The second kappa shape index (κ2) is 8.81. The molecule has 3 aliphatic rings. The molecule has 1 N–H and O–H groups in total. The number of carbonyl (C=O) groups is 1. The first kappa shape index (κ1) is 21.4. The minimum atomic E-state index is -0.0202. The molecule has 0 aromatic carbocycles. The average molecular weight is 439 g/mol. The van der Waals surface area contributed by atoms with E-state index in [-0.39, 0.29) is 17.4 Å². The van der Waals surface area contributed by atoms with Gasteiger partial charge in [0.05, 0.1) is 11.3 Å². The summed E-state index contributed by atoms with van der Waals surface area (Å²) in [6.07, 6.45) is 9.35. The van der Waals surface area contributed by atoms with Gasteiger partial charge in [0, 0.05) is 57.8 Å². The molecule has 0 bridgehead atoms. The average Bonchev–Trinajstić information content (AvgIpc) is 3.25. The number of aromatic nitrogens is 4. The fraction of sp³-hybridized carbons (Fsp3) is 0.667. The molecule has 0 atom stereocenters. The Labute approximate surface area is 189 Å². The number of aryl methyl sites for hydroxylation is 1. The molecule has 2 aromatic rings. The molecule has 5 rings (SSSR count). The van der Waals surface area contributed by atoms with Crippen molar-refractivity contribution in [3.63, 3.8) is 0 Å². The predicted molar refractivity (Wildman–Crippen MR) is 121 cm³/mol. The van der Waals surface area contributed by atoms with Gasteiger partial charge in [0.25, 0.3) is 11.5 Å². The van der Waals surface area contributed by atoms with E-state index in [1.165, 1.54) is 25.7 Å². The summed E-state index contributed by atoms with van der Waals surface area (Å²) in [6, 6.07) is 2.37. The molecule has 172 valence electrons. The second-order valence-corrected chi connectivity index (χ2v) is 9.95. The van der Waals surface area contributed by atoms with E-state index in [0.29, 0.717) is 24.8 Å². The van der Waals surface area contributed by atoms with Crippen LogP contribution in [0.25, 0.3) is 0 Å². The van der Waals surface area contributed by atoms with E-state index < -0.39 is 0 Å². The number of nitrogens with one attached hydrogen (secondary N) is 1. The standard InChI is InChI=1S/C24H34N6O2/c1-16-3-5-18(6-4-16)30-14-10-20-19(15-30)23(31)26-22(25-20)17-7-12-29(13-8-17)24(32)21-9-11-28(2)27-21/h9,11,16-18H,3-8,10,12-15H2,1-2H3,(H,25,26,31). The molecule has 1 saturated heterocycles. The van der Waals surface area contributed by atoms with Crippen molar-refractivity contribution in [2.75, 3.05) is 19.6 Å². The Morgan fingerprint density at radius 2 is 1.84 bits per heavy atom. The zero-order valence-electron chi connectivity index (χ0n) is 19.2. The lowest BCUT2D eigenvalue weighted by atomic mass is 9.86. The first-order valence-corrected chi connectivity index (χ1v) is 12.1. The van der Waals surface area contributed by atoms with Crippen molar-refractivity contribution in [2.45, 2.75) is 70.4 Å². The van der Waals surface area contributed by atoms with E-state index >= 15 is 0 Å². The molecule has 1 aliphatic carbocycles. The molecule has 2 fully saturated rings. The Bertz CT molecular complexity index is 1030. The van der Waals surface area contributed by atoms with Gasteiger partial charge < -0.3 is 9.88 Å². The zero-order chi connectivity index (χ0) is 22.2. The lowest BCUT2D eigenvalue weighted by molar-refractivity contribution is 0.0704. The van der Waals surface area contributed by atoms with Gasteiger partial charge in [0.2, 0.25) is 0 Å². The van der Waals surface area contributed by atoms with Gasteiger partial charge in [-0.15, -0.1) is 0 Å². The fourth-order valence-electron chi connectivity index (χ4n) is 5.62. The monoisotopic (exact) mass is 438 g/mol. The van der Waals surface area contributed by atoms with E-state index in [1.54, 1.807) is 16.9 Å². The number of fused-ring (bicyclic) bond motifs is 1. The molecule has 0 spiro atoms. The number of carbonyl (C=O) groups excluding carboxylic acids is 1. The largest absolute Gasteiger partial charge is 0.337 e. The summed E-state index contributed by atoms with van der Waals surface area (Å²) >= 11 is 0. The van der Waals surface area contributed by atoms with Crippen molar-refractivity contribution in [1.29, 1.82) is 0 Å². The van der Waals surface area contributed by atoms with Crippen LogP contribution in [0.1, 0.15) is 78.9 Å². The van der Waals surface area contributed by atoms with Crippen LogP contribution < -0.4 is 5.56 Å². The minimum Gasteiger partial charge on any atom is -0.337 e. The quantitative estimate of drug-likeness (QED) is 0.796. The fourth-order valence-corrected chi connectivity index (χ4v) is 5.62. The van der Waals surface area contributed by atoms with E-state index in [1.807, 2.05) is 11.9 Å². The maximum atomic E-state index is 13.0. The number of hydrogen-bond donors (Lipinski definition) is 1. The third-order valence-electron chi connectivity index (χ3n) is 7.72. The molecule has 2 aromatic heterocycles. The molecule has 1 amide bonds. The lowest BCUT2D eigenvalue weighted by Crippen LogP contribution is -2.44. The normalized spacial score (nSPS) is 25.0. The summed E-state index contributed by atoms with van der Waals surface area (Å²) in [4.78, 5) is 38.0. The van der Waals surface area contributed by atoms with Crippen LogP contribution in [0.2, 0.25) is 0 Å². The van der Waals surface area contributed by atoms with Gasteiger partial charge in [-0.3, -0.25) is 19.2 Å². The summed E-state index contributed by atoms with van der Waals surface area (Å²) < 4.78 is 1.65. The second-order valence-electron chi connectivity index (χ2n) is 9.95. The van der Waals surface area contributed by atoms with Crippen LogP contribution >= 0.6 is 0 Å². The van der Waals surface area contributed by atoms with Crippen LogP contribution in [-0.2, 0) is 20.0 Å². The summed E-state index contributed by atoms with van der Waals surface area (Å²) in [5, 5.41) is 4.23.